The smallest absolute Gasteiger partial charge is 0.424 e. The summed E-state index contributed by atoms with van der Waals surface area (Å²) in [6.07, 6.45) is 0. The number of alkyl halides is 4. The zero-order chi connectivity index (χ0) is 10.9. The van der Waals surface area contributed by atoms with Crippen LogP contribution < -0.4 is 0 Å². The molecule has 0 saturated carbocycles. The van der Waals surface area contributed by atoms with Crippen LogP contribution in [0.2, 0.25) is 0 Å². The maximum atomic E-state index is 12.0. The summed E-state index contributed by atoms with van der Waals surface area (Å²) >= 11 is 0. The Morgan fingerprint density at radius 1 is 1.08 bits per heavy atom. The van der Waals surface area contributed by atoms with Gasteiger partial charge < -0.3 is 5.11 Å². The number of aliphatic carboxylic acids is 1. The van der Waals surface area contributed by atoms with Gasteiger partial charge in [-0.1, -0.05) is 0 Å². The van der Waals surface area contributed by atoms with Gasteiger partial charge in [0.15, 0.2) is 0 Å². The van der Waals surface area contributed by atoms with Gasteiger partial charge >= 0.3 is 23.8 Å². The molecule has 0 amide bonds. The lowest BCUT2D eigenvalue weighted by molar-refractivity contribution is -0.254. The van der Waals surface area contributed by atoms with Gasteiger partial charge in [0, 0.05) is 4.53 Å². The molecule has 0 aromatic rings. The maximum absolute atomic E-state index is 12.0. The highest BCUT2D eigenvalue weighted by atomic mass is 19.3. The van der Waals surface area contributed by atoms with E-state index in [1.165, 1.54) is 0 Å². The number of carbonyl (C=O) groups excluding carboxylic acids is 1. The maximum Gasteiger partial charge on any atom is 0.424 e. The molecule has 13 heavy (non-hydrogen) atoms. The predicted octanol–water partition coefficient (Wildman–Crippen LogP) is 0.769. The van der Waals surface area contributed by atoms with Crippen LogP contribution in [0.25, 0.3) is 0 Å². The molecule has 0 bridgehead atoms. The van der Waals surface area contributed by atoms with Crippen molar-refractivity contribution in [1.82, 2.24) is 0 Å². The molecule has 0 rings (SSSR count). The number of halogens is 5. The summed E-state index contributed by atoms with van der Waals surface area (Å²) in [6.45, 7) is 0. The molecule has 0 saturated heterocycles. The quantitative estimate of drug-likeness (QED) is 0.695. The highest BCUT2D eigenvalue weighted by molar-refractivity contribution is 5.88. The third kappa shape index (κ3) is 1.68. The van der Waals surface area contributed by atoms with E-state index in [4.69, 9.17) is 5.11 Å². The van der Waals surface area contributed by atoms with Crippen LogP contribution in [0.1, 0.15) is 0 Å². The molecular weight excluding hydrogens is 207 g/mol. The first-order valence-corrected chi connectivity index (χ1v) is 2.50. The lowest BCUT2D eigenvalue weighted by Gasteiger charge is -2.18. The van der Waals surface area contributed by atoms with Gasteiger partial charge in [0.25, 0.3) is 0 Å². The van der Waals surface area contributed by atoms with Crippen molar-refractivity contribution in [3.63, 3.8) is 0 Å². The van der Waals surface area contributed by atoms with Gasteiger partial charge in [-0.05, 0) is 0 Å². The Kier molecular flexibility index (Phi) is 2.81. The van der Waals surface area contributed by atoms with Crippen molar-refractivity contribution < 1.29 is 41.7 Å². The standard InChI is InChI=1S/C4HF5O4/c5-3(6,1(10)11)4(7,8)2(12)13-9/h(H,10,11). The Labute approximate surface area is 66.8 Å². The van der Waals surface area contributed by atoms with E-state index in [2.05, 4.69) is 0 Å². The molecule has 0 radical (unpaired) electrons. The molecule has 0 unspecified atom stereocenters. The molecule has 0 aromatic heterocycles. The number of carboxylic acids is 1. The van der Waals surface area contributed by atoms with Crippen LogP contribution in [0.15, 0.2) is 0 Å². The summed E-state index contributed by atoms with van der Waals surface area (Å²) < 4.78 is 58.7. The fourth-order valence-electron chi connectivity index (χ4n) is 0.311. The van der Waals surface area contributed by atoms with Crippen molar-refractivity contribution >= 4 is 11.9 Å². The van der Waals surface area contributed by atoms with Crippen LogP contribution in [-0.2, 0) is 14.5 Å². The Morgan fingerprint density at radius 2 is 1.46 bits per heavy atom. The Morgan fingerprint density at radius 3 is 1.69 bits per heavy atom. The number of hydrogen-bond acceptors (Lipinski definition) is 3. The number of hydrogen-bond donors (Lipinski definition) is 1. The zero-order valence-corrected chi connectivity index (χ0v) is 5.56. The van der Waals surface area contributed by atoms with Crippen LogP contribution in [0.5, 0.6) is 0 Å². The second-order valence-corrected chi connectivity index (χ2v) is 1.82. The topological polar surface area (TPSA) is 63.6 Å². The van der Waals surface area contributed by atoms with E-state index >= 15 is 0 Å². The van der Waals surface area contributed by atoms with Crippen molar-refractivity contribution in [2.75, 3.05) is 0 Å². The van der Waals surface area contributed by atoms with Gasteiger partial charge in [-0.25, -0.2) is 14.5 Å². The molecule has 0 aliphatic heterocycles. The van der Waals surface area contributed by atoms with Crippen LogP contribution in [-0.4, -0.2) is 28.9 Å². The molecule has 0 aliphatic rings. The third-order valence-corrected chi connectivity index (χ3v) is 0.989. The van der Waals surface area contributed by atoms with Gasteiger partial charge in [0.05, 0.1) is 0 Å². The molecule has 0 spiro atoms. The van der Waals surface area contributed by atoms with Crippen LogP contribution in [0.4, 0.5) is 22.1 Å². The number of carboxylic acid groups (broad SMARTS) is 1. The van der Waals surface area contributed by atoms with Crippen molar-refractivity contribution in [2.24, 2.45) is 0 Å². The van der Waals surface area contributed by atoms with E-state index < -0.39 is 23.8 Å². The molecule has 0 aliphatic carbocycles. The predicted molar refractivity (Wildman–Crippen MR) is 24.7 cm³/mol. The average Bonchev–Trinajstić information content (AvgIpc) is 2.02. The zero-order valence-electron chi connectivity index (χ0n) is 5.56. The Hall–Kier alpha value is -1.41. The van der Waals surface area contributed by atoms with Crippen molar-refractivity contribution in [2.45, 2.75) is 11.8 Å². The van der Waals surface area contributed by atoms with Crippen molar-refractivity contribution in [3.8, 4) is 0 Å². The lowest BCUT2D eigenvalue weighted by atomic mass is 10.2. The summed E-state index contributed by atoms with van der Waals surface area (Å²) in [6, 6.07) is 0. The molecule has 1 N–H and O–H groups in total. The van der Waals surface area contributed by atoms with E-state index in [-0.39, 0.29) is 0 Å². The minimum Gasteiger partial charge on any atom is -0.477 e. The lowest BCUT2D eigenvalue weighted by Crippen LogP contribution is -2.52. The third-order valence-electron chi connectivity index (χ3n) is 0.989. The Balaban J connectivity index is 5.02. The minimum atomic E-state index is -5.74. The van der Waals surface area contributed by atoms with Crippen molar-refractivity contribution in [1.29, 1.82) is 0 Å². The van der Waals surface area contributed by atoms with Crippen molar-refractivity contribution in [3.05, 3.63) is 0 Å². The number of carbonyl (C=O) groups is 2. The first kappa shape index (κ1) is 11.6. The number of rotatable bonds is 3. The van der Waals surface area contributed by atoms with E-state index in [0.717, 1.165) is 0 Å². The first-order chi connectivity index (χ1) is 5.67. The fourth-order valence-corrected chi connectivity index (χ4v) is 0.311. The summed E-state index contributed by atoms with van der Waals surface area (Å²) in [4.78, 5) is 21.0. The molecule has 0 atom stereocenters. The summed E-state index contributed by atoms with van der Waals surface area (Å²) in [5.41, 5.74) is 0. The second-order valence-electron chi connectivity index (χ2n) is 1.82. The molecule has 0 aromatic carbocycles. The first-order valence-electron chi connectivity index (χ1n) is 2.50. The van der Waals surface area contributed by atoms with Gasteiger partial charge in [-0.3, -0.25) is 0 Å². The van der Waals surface area contributed by atoms with E-state index in [1.807, 2.05) is 4.94 Å². The van der Waals surface area contributed by atoms with Crippen LogP contribution in [0.3, 0.4) is 0 Å². The molecule has 9 heteroatoms. The molecule has 0 heterocycles. The summed E-state index contributed by atoms with van der Waals surface area (Å²) in [5, 5.41) is 7.56. The normalized spacial score (nSPS) is 12.4. The largest absolute Gasteiger partial charge is 0.477 e. The highest BCUT2D eigenvalue weighted by Gasteiger charge is 2.69. The minimum absolute atomic E-state index is 1.82. The molecule has 76 valence electrons. The molecular formula is C4HF5O4. The Bertz CT molecular complexity index is 237. The van der Waals surface area contributed by atoms with E-state index in [0.29, 0.717) is 0 Å². The van der Waals surface area contributed by atoms with Gasteiger partial charge in [-0.2, -0.15) is 17.6 Å². The van der Waals surface area contributed by atoms with E-state index in [9.17, 15) is 31.7 Å². The fraction of sp³-hybridized carbons (Fsp3) is 0.500. The highest BCUT2D eigenvalue weighted by Crippen LogP contribution is 2.35. The van der Waals surface area contributed by atoms with Gasteiger partial charge in [0.2, 0.25) is 0 Å². The SMILES string of the molecule is O=C(O)C(F)(F)C(F)(F)C(=O)OF. The average molecular weight is 208 g/mol. The van der Waals surface area contributed by atoms with E-state index in [1.54, 1.807) is 0 Å². The monoisotopic (exact) mass is 208 g/mol. The molecule has 4 nitrogen and oxygen atoms in total. The second kappa shape index (κ2) is 3.15. The van der Waals surface area contributed by atoms with Gasteiger partial charge in [0.1, 0.15) is 0 Å². The summed E-state index contributed by atoms with van der Waals surface area (Å²) in [5.74, 6) is -18.0. The molecule has 0 fully saturated rings. The van der Waals surface area contributed by atoms with Gasteiger partial charge in [-0.15, -0.1) is 0 Å². The summed E-state index contributed by atoms with van der Waals surface area (Å²) in [7, 11) is 0. The van der Waals surface area contributed by atoms with Crippen LogP contribution >= 0.6 is 0 Å². The van der Waals surface area contributed by atoms with Crippen LogP contribution in [0, 0.1) is 0 Å².